The minimum atomic E-state index is -0.951. The zero-order valence-corrected chi connectivity index (χ0v) is 14.1. The summed E-state index contributed by atoms with van der Waals surface area (Å²) in [5, 5.41) is 18.1. The predicted octanol–water partition coefficient (Wildman–Crippen LogP) is 4.03. The van der Waals surface area contributed by atoms with E-state index in [-0.39, 0.29) is 12.7 Å². The largest absolute Gasteiger partial charge is 0.480 e. The van der Waals surface area contributed by atoms with Crippen molar-refractivity contribution in [2.24, 2.45) is 0 Å². The lowest BCUT2D eigenvalue weighted by molar-refractivity contribution is -0.141. The molecule has 130 valence electrons. The monoisotopic (exact) mass is 322 g/mol. The fourth-order valence-electron chi connectivity index (χ4n) is 1.78. The summed E-state index contributed by atoms with van der Waals surface area (Å²) in [5.74, 6) is -0.951. The molecular weight excluding hydrogens is 292 g/mol. The zero-order valence-electron chi connectivity index (χ0n) is 14.1. The number of carboxylic acids is 1. The van der Waals surface area contributed by atoms with E-state index in [1.807, 2.05) is 42.5 Å². The Morgan fingerprint density at radius 2 is 1.74 bits per heavy atom. The van der Waals surface area contributed by atoms with Crippen LogP contribution < -0.4 is 0 Å². The summed E-state index contributed by atoms with van der Waals surface area (Å²) < 4.78 is 4.87. The molecule has 4 heteroatoms. The number of aliphatic hydroxyl groups is 1. The molecule has 1 atom stereocenters. The molecule has 0 bridgehead atoms. The van der Waals surface area contributed by atoms with Crippen LogP contribution in [-0.4, -0.2) is 35.5 Å². The van der Waals surface area contributed by atoms with E-state index < -0.39 is 5.97 Å². The Hall–Kier alpha value is -1.65. The molecule has 0 saturated carbocycles. The van der Waals surface area contributed by atoms with Gasteiger partial charge in [0.05, 0.1) is 12.7 Å². The van der Waals surface area contributed by atoms with Gasteiger partial charge in [0.2, 0.25) is 0 Å². The first-order valence-electron chi connectivity index (χ1n) is 8.27. The second-order valence-corrected chi connectivity index (χ2v) is 5.20. The maximum Gasteiger partial charge on any atom is 0.329 e. The number of hydrogen-bond donors (Lipinski definition) is 2. The molecule has 0 aliphatic rings. The van der Waals surface area contributed by atoms with Crippen LogP contribution in [0.5, 0.6) is 0 Å². The molecular formula is C19H30O4. The highest BCUT2D eigenvalue weighted by atomic mass is 16.5. The Bertz CT molecular complexity index is 394. The topological polar surface area (TPSA) is 66.8 Å². The molecule has 4 nitrogen and oxygen atoms in total. The summed E-state index contributed by atoms with van der Waals surface area (Å²) >= 11 is 0. The normalized spacial score (nSPS) is 13.8. The molecule has 0 radical (unpaired) electrons. The van der Waals surface area contributed by atoms with Crippen molar-refractivity contribution in [3.8, 4) is 0 Å². The minimum absolute atomic E-state index is 0.258. The van der Waals surface area contributed by atoms with Crippen molar-refractivity contribution in [2.75, 3.05) is 13.2 Å². The van der Waals surface area contributed by atoms with E-state index in [0.29, 0.717) is 6.61 Å². The third-order valence-electron chi connectivity index (χ3n) is 3.00. The van der Waals surface area contributed by atoms with Crippen molar-refractivity contribution in [3.63, 3.8) is 0 Å². The van der Waals surface area contributed by atoms with Crippen LogP contribution in [0.2, 0.25) is 0 Å². The van der Waals surface area contributed by atoms with Crippen LogP contribution in [0.4, 0.5) is 0 Å². The number of carboxylic acid groups (broad SMARTS) is 1. The van der Waals surface area contributed by atoms with Crippen molar-refractivity contribution in [3.05, 3.63) is 48.6 Å². The summed E-state index contributed by atoms with van der Waals surface area (Å²) in [6.45, 7) is 2.22. The van der Waals surface area contributed by atoms with Crippen LogP contribution >= 0.6 is 0 Å². The Morgan fingerprint density at radius 1 is 1.04 bits per heavy atom. The van der Waals surface area contributed by atoms with Gasteiger partial charge in [-0.3, -0.25) is 0 Å². The van der Waals surface area contributed by atoms with Gasteiger partial charge in [0.1, 0.15) is 6.61 Å². The van der Waals surface area contributed by atoms with E-state index in [4.69, 9.17) is 9.84 Å². The number of hydrogen-bond acceptors (Lipinski definition) is 3. The number of carbonyl (C=O) groups is 1. The highest BCUT2D eigenvalue weighted by Gasteiger charge is 1.96. The average molecular weight is 322 g/mol. The van der Waals surface area contributed by atoms with Crippen LogP contribution in [-0.2, 0) is 9.53 Å². The van der Waals surface area contributed by atoms with Crippen molar-refractivity contribution in [1.82, 2.24) is 0 Å². The second-order valence-electron chi connectivity index (χ2n) is 5.20. The molecule has 23 heavy (non-hydrogen) atoms. The van der Waals surface area contributed by atoms with Gasteiger partial charge in [-0.15, -0.1) is 0 Å². The lowest BCUT2D eigenvalue weighted by Gasteiger charge is -2.02. The SMILES string of the molecule is CCCCC[C@H](O)C=CC=CCC=CCC=CCOCC(=O)O. The highest BCUT2D eigenvalue weighted by molar-refractivity contribution is 5.67. The first kappa shape index (κ1) is 21.4. The van der Waals surface area contributed by atoms with E-state index in [0.717, 1.165) is 25.7 Å². The van der Waals surface area contributed by atoms with Gasteiger partial charge in [-0.1, -0.05) is 74.8 Å². The lowest BCUT2D eigenvalue weighted by Crippen LogP contribution is -2.06. The van der Waals surface area contributed by atoms with Crippen molar-refractivity contribution in [1.29, 1.82) is 0 Å². The molecule has 0 aromatic heterocycles. The highest BCUT2D eigenvalue weighted by Crippen LogP contribution is 2.04. The second kappa shape index (κ2) is 16.7. The van der Waals surface area contributed by atoms with E-state index in [2.05, 4.69) is 13.0 Å². The molecule has 0 amide bonds. The lowest BCUT2D eigenvalue weighted by atomic mass is 10.1. The maximum absolute atomic E-state index is 10.2. The number of ether oxygens (including phenoxy) is 1. The number of aliphatic hydroxyl groups excluding tert-OH is 1. The molecule has 0 fully saturated rings. The Kier molecular flexibility index (Phi) is 15.5. The maximum atomic E-state index is 10.2. The number of aliphatic carboxylic acids is 1. The van der Waals surface area contributed by atoms with Gasteiger partial charge >= 0.3 is 5.97 Å². The molecule has 0 aliphatic heterocycles. The Balaban J connectivity index is 3.57. The van der Waals surface area contributed by atoms with E-state index >= 15 is 0 Å². The third kappa shape index (κ3) is 18.3. The van der Waals surface area contributed by atoms with E-state index in [1.165, 1.54) is 12.8 Å². The molecule has 0 aliphatic carbocycles. The fourth-order valence-corrected chi connectivity index (χ4v) is 1.78. The standard InChI is InChI=1S/C19H30O4/c1-2-3-11-14-18(20)15-12-9-7-5-4-6-8-10-13-16-23-17-19(21)22/h4,6-7,9-10,12-13,15,18,20H,2-3,5,8,11,14,16-17H2,1H3,(H,21,22)/t18-/m0/s1. The summed E-state index contributed by atoms with van der Waals surface area (Å²) in [5.41, 5.74) is 0. The summed E-state index contributed by atoms with van der Waals surface area (Å²) in [4.78, 5) is 10.2. The van der Waals surface area contributed by atoms with Gasteiger partial charge in [-0.05, 0) is 19.3 Å². The Morgan fingerprint density at radius 3 is 2.43 bits per heavy atom. The predicted molar refractivity (Wildman–Crippen MR) is 94.4 cm³/mol. The molecule has 0 unspecified atom stereocenters. The minimum Gasteiger partial charge on any atom is -0.480 e. The van der Waals surface area contributed by atoms with Crippen molar-refractivity contribution < 1.29 is 19.7 Å². The quantitative estimate of drug-likeness (QED) is 0.288. The number of unbranched alkanes of at least 4 members (excludes halogenated alkanes) is 2. The summed E-state index contributed by atoms with van der Waals surface area (Å²) in [6, 6.07) is 0. The van der Waals surface area contributed by atoms with Gasteiger partial charge in [-0.25, -0.2) is 4.79 Å². The first-order chi connectivity index (χ1) is 11.2. The van der Waals surface area contributed by atoms with Gasteiger partial charge < -0.3 is 14.9 Å². The van der Waals surface area contributed by atoms with Crippen molar-refractivity contribution in [2.45, 2.75) is 51.6 Å². The Labute approximate surface area is 139 Å². The van der Waals surface area contributed by atoms with Gasteiger partial charge in [0.15, 0.2) is 0 Å². The molecule has 0 spiro atoms. The molecule has 2 N–H and O–H groups in total. The molecule has 0 saturated heterocycles. The van der Waals surface area contributed by atoms with E-state index in [1.54, 1.807) is 0 Å². The average Bonchev–Trinajstić information content (AvgIpc) is 2.51. The third-order valence-corrected chi connectivity index (χ3v) is 3.00. The van der Waals surface area contributed by atoms with Crippen LogP contribution in [0.1, 0.15) is 45.4 Å². The number of rotatable bonds is 14. The zero-order chi connectivity index (χ0) is 17.2. The fraction of sp³-hybridized carbons (Fsp3) is 0.526. The van der Waals surface area contributed by atoms with Crippen molar-refractivity contribution >= 4 is 5.97 Å². The van der Waals surface area contributed by atoms with Gasteiger partial charge in [-0.2, -0.15) is 0 Å². The van der Waals surface area contributed by atoms with E-state index in [9.17, 15) is 9.90 Å². The smallest absolute Gasteiger partial charge is 0.329 e. The van der Waals surface area contributed by atoms with Crippen LogP contribution in [0.15, 0.2) is 48.6 Å². The van der Waals surface area contributed by atoms with Crippen LogP contribution in [0.3, 0.4) is 0 Å². The van der Waals surface area contributed by atoms with Gasteiger partial charge in [0.25, 0.3) is 0 Å². The molecule has 0 aromatic carbocycles. The summed E-state index contributed by atoms with van der Waals surface area (Å²) in [7, 11) is 0. The summed E-state index contributed by atoms with van der Waals surface area (Å²) in [6.07, 6.45) is 21.1. The van der Waals surface area contributed by atoms with Gasteiger partial charge in [0, 0.05) is 0 Å². The molecule has 0 heterocycles. The first-order valence-corrected chi connectivity index (χ1v) is 8.27. The molecule has 0 aromatic rings. The van der Waals surface area contributed by atoms with Crippen LogP contribution in [0.25, 0.3) is 0 Å². The van der Waals surface area contributed by atoms with Crippen LogP contribution in [0, 0.1) is 0 Å². The molecule has 0 rings (SSSR count). The number of allylic oxidation sites excluding steroid dienone is 6.